The molecule has 3 heterocycles. The second-order valence-electron chi connectivity index (χ2n) is 15.5. The number of rotatable bonds is 8. The lowest BCUT2D eigenvalue weighted by Gasteiger charge is -2.36. The lowest BCUT2D eigenvalue weighted by Crippen LogP contribution is -2.41. The molecule has 0 bridgehead atoms. The Morgan fingerprint density at radius 3 is 2.62 bits per heavy atom. The standard InChI is InChI=1S/C35H53N7O2Si/c1-34(2,3)27-16-18-41(23-27)33(43)40-31-12-10-9-11-25-21-26(13-14-29(25)31)30-15-17-36-32(39-30)38-28-22-37-42(24-28)19-20-44-45(7,8)35(4,5)6/h13-15,17,21-22,24,27,31H,9-12,16,18-20,23H2,1-8H3,(H,40,43)(H,36,38,39). The highest BCUT2D eigenvalue weighted by Gasteiger charge is 2.37. The Labute approximate surface area is 270 Å². The van der Waals surface area contributed by atoms with Crippen molar-refractivity contribution in [3.8, 4) is 11.3 Å². The number of aromatic nitrogens is 4. The number of hydrogen-bond donors (Lipinski definition) is 2. The van der Waals surface area contributed by atoms with E-state index >= 15 is 0 Å². The summed E-state index contributed by atoms with van der Waals surface area (Å²) in [7, 11) is -1.79. The fraction of sp³-hybridized carbons (Fsp3) is 0.600. The average molecular weight is 632 g/mol. The summed E-state index contributed by atoms with van der Waals surface area (Å²) in [6, 6.07) is 8.61. The quantitative estimate of drug-likeness (QED) is 0.193. The largest absolute Gasteiger partial charge is 0.415 e. The van der Waals surface area contributed by atoms with Crippen molar-refractivity contribution < 1.29 is 9.22 Å². The van der Waals surface area contributed by atoms with Gasteiger partial charge in [-0.25, -0.2) is 14.8 Å². The summed E-state index contributed by atoms with van der Waals surface area (Å²) in [6.07, 6.45) is 10.8. The zero-order chi connectivity index (χ0) is 32.4. The Morgan fingerprint density at radius 1 is 1.09 bits per heavy atom. The molecule has 5 rings (SSSR count). The molecular weight excluding hydrogens is 579 g/mol. The number of hydrogen-bond acceptors (Lipinski definition) is 6. The molecule has 1 saturated heterocycles. The van der Waals surface area contributed by atoms with Crippen molar-refractivity contribution in [2.24, 2.45) is 11.3 Å². The van der Waals surface area contributed by atoms with Gasteiger partial charge in [-0.2, -0.15) is 5.10 Å². The van der Waals surface area contributed by atoms with E-state index in [0.717, 1.165) is 62.1 Å². The van der Waals surface area contributed by atoms with Crippen LogP contribution in [-0.4, -0.2) is 58.7 Å². The zero-order valence-corrected chi connectivity index (χ0v) is 29.6. The smallest absolute Gasteiger partial charge is 0.317 e. The van der Waals surface area contributed by atoms with E-state index in [1.165, 1.54) is 11.1 Å². The fourth-order valence-electron chi connectivity index (χ4n) is 6.05. The van der Waals surface area contributed by atoms with Crippen LogP contribution in [0.2, 0.25) is 18.1 Å². The predicted molar refractivity (Wildman–Crippen MR) is 184 cm³/mol. The second-order valence-corrected chi connectivity index (χ2v) is 20.3. The molecule has 2 aromatic heterocycles. The summed E-state index contributed by atoms with van der Waals surface area (Å²) < 4.78 is 8.21. The highest BCUT2D eigenvalue weighted by molar-refractivity contribution is 6.74. The molecule has 2 amide bonds. The maximum atomic E-state index is 13.3. The van der Waals surface area contributed by atoms with Crippen molar-refractivity contribution in [1.29, 1.82) is 0 Å². The van der Waals surface area contributed by atoms with Crippen molar-refractivity contribution in [1.82, 2.24) is 30.0 Å². The van der Waals surface area contributed by atoms with Crippen LogP contribution in [0, 0.1) is 11.3 Å². The van der Waals surface area contributed by atoms with E-state index in [0.29, 0.717) is 25.0 Å². The van der Waals surface area contributed by atoms with E-state index in [-0.39, 0.29) is 22.5 Å². The Hall–Kier alpha value is -3.24. The monoisotopic (exact) mass is 631 g/mol. The normalized spacial score (nSPS) is 19.2. The van der Waals surface area contributed by atoms with Crippen molar-refractivity contribution in [3.05, 3.63) is 54.0 Å². The molecule has 1 aromatic carbocycles. The molecule has 3 aromatic rings. The number of amides is 2. The molecule has 2 atom stereocenters. The molecular formula is C35H53N7O2Si. The minimum atomic E-state index is -1.79. The average Bonchev–Trinajstić information content (AvgIpc) is 3.60. The summed E-state index contributed by atoms with van der Waals surface area (Å²) in [5.74, 6) is 1.08. The molecule has 10 heteroatoms. The maximum Gasteiger partial charge on any atom is 0.317 e. The van der Waals surface area contributed by atoms with Crippen molar-refractivity contribution >= 4 is 26.0 Å². The van der Waals surface area contributed by atoms with Gasteiger partial charge in [-0.3, -0.25) is 4.68 Å². The number of nitrogens with zero attached hydrogens (tertiary/aromatic N) is 5. The molecule has 9 nitrogen and oxygen atoms in total. The number of carbonyl (C=O) groups is 1. The van der Waals surface area contributed by atoms with Gasteiger partial charge in [0.1, 0.15) is 0 Å². The first-order valence-corrected chi connectivity index (χ1v) is 19.6. The SMILES string of the molecule is CC(C)(C)C1CCN(C(=O)NC2CCCCc3cc(-c4ccnc(Nc5cnn(CCO[Si](C)(C)C(C)(C)C)c5)n4)ccc32)C1. The molecule has 0 spiro atoms. The Balaban J connectivity index is 1.22. The number of aryl methyl sites for hydroxylation is 1. The molecule has 45 heavy (non-hydrogen) atoms. The number of likely N-dealkylation sites (tertiary alicyclic amines) is 1. The first kappa shape index (κ1) is 33.1. The predicted octanol–water partition coefficient (Wildman–Crippen LogP) is 7.95. The first-order valence-electron chi connectivity index (χ1n) is 16.6. The lowest BCUT2D eigenvalue weighted by molar-refractivity contribution is 0.192. The summed E-state index contributed by atoms with van der Waals surface area (Å²) >= 11 is 0. The van der Waals surface area contributed by atoms with Gasteiger partial charge in [-0.1, -0.05) is 60.1 Å². The molecule has 0 radical (unpaired) electrons. The van der Waals surface area contributed by atoms with Crippen LogP contribution in [0.15, 0.2) is 42.9 Å². The summed E-state index contributed by atoms with van der Waals surface area (Å²) in [5, 5.41) is 11.4. The maximum absolute atomic E-state index is 13.3. The number of carbonyl (C=O) groups excluding carboxylic acids is 1. The topological polar surface area (TPSA) is 97.2 Å². The van der Waals surface area contributed by atoms with E-state index in [1.54, 1.807) is 12.4 Å². The van der Waals surface area contributed by atoms with E-state index in [4.69, 9.17) is 9.41 Å². The highest BCUT2D eigenvalue weighted by Crippen LogP contribution is 2.37. The zero-order valence-electron chi connectivity index (χ0n) is 28.6. The van der Waals surface area contributed by atoms with Crippen LogP contribution in [0.4, 0.5) is 16.4 Å². The number of benzene rings is 1. The van der Waals surface area contributed by atoms with Crippen molar-refractivity contribution in [2.75, 3.05) is 25.0 Å². The number of nitrogens with one attached hydrogen (secondary N) is 2. The molecule has 1 aliphatic carbocycles. The van der Waals surface area contributed by atoms with Gasteiger partial charge >= 0.3 is 6.03 Å². The van der Waals surface area contributed by atoms with Crippen LogP contribution in [0.25, 0.3) is 11.3 Å². The number of urea groups is 1. The third-order valence-electron chi connectivity index (χ3n) is 10.1. The van der Waals surface area contributed by atoms with Crippen molar-refractivity contribution in [2.45, 2.75) is 104 Å². The van der Waals surface area contributed by atoms with E-state index < -0.39 is 8.32 Å². The van der Waals surface area contributed by atoms with Crippen molar-refractivity contribution in [3.63, 3.8) is 0 Å². The molecule has 244 valence electrons. The molecule has 2 aliphatic rings. The van der Waals surface area contributed by atoms with E-state index in [2.05, 4.69) is 93.6 Å². The van der Waals surface area contributed by atoms with E-state index in [9.17, 15) is 4.79 Å². The molecule has 2 unspecified atom stereocenters. The Morgan fingerprint density at radius 2 is 1.89 bits per heavy atom. The Bertz CT molecular complexity index is 1470. The lowest BCUT2D eigenvalue weighted by atomic mass is 9.80. The van der Waals surface area contributed by atoms with Crippen LogP contribution in [-0.2, 0) is 17.4 Å². The number of anilines is 2. The minimum absolute atomic E-state index is 0.0316. The minimum Gasteiger partial charge on any atom is -0.415 e. The van der Waals surface area contributed by atoms with Crippen LogP contribution >= 0.6 is 0 Å². The van der Waals surface area contributed by atoms with Gasteiger partial charge in [0.05, 0.1) is 36.8 Å². The third kappa shape index (κ3) is 8.13. The van der Waals surface area contributed by atoms with Gasteiger partial charge < -0.3 is 20.0 Å². The van der Waals surface area contributed by atoms with Gasteiger partial charge in [0.2, 0.25) is 5.95 Å². The molecule has 0 saturated carbocycles. The number of fused-ring (bicyclic) bond motifs is 1. The van der Waals surface area contributed by atoms with Gasteiger partial charge in [0.25, 0.3) is 0 Å². The van der Waals surface area contributed by atoms with E-state index in [1.807, 2.05) is 21.8 Å². The van der Waals surface area contributed by atoms with Gasteiger partial charge in [-0.05, 0) is 78.4 Å². The second kappa shape index (κ2) is 13.2. The van der Waals surface area contributed by atoms with Gasteiger partial charge in [0, 0.05) is 31.0 Å². The van der Waals surface area contributed by atoms with Crippen LogP contribution in [0.1, 0.15) is 84.4 Å². The van der Waals surface area contributed by atoms with Gasteiger partial charge in [0.15, 0.2) is 8.32 Å². The summed E-state index contributed by atoms with van der Waals surface area (Å²) in [4.78, 5) is 24.6. The third-order valence-corrected chi connectivity index (χ3v) is 14.7. The molecule has 1 fully saturated rings. The molecule has 1 aliphatic heterocycles. The van der Waals surface area contributed by atoms with Crippen LogP contribution < -0.4 is 10.6 Å². The van der Waals surface area contributed by atoms with Gasteiger partial charge in [-0.15, -0.1) is 0 Å². The first-order chi connectivity index (χ1) is 21.2. The fourth-order valence-corrected chi connectivity index (χ4v) is 7.09. The van der Waals surface area contributed by atoms with Crippen LogP contribution in [0.3, 0.4) is 0 Å². The summed E-state index contributed by atoms with van der Waals surface area (Å²) in [6.45, 7) is 21.1. The Kier molecular flexibility index (Phi) is 9.75. The molecule has 2 N–H and O–H groups in total. The van der Waals surface area contributed by atoms with Crippen LogP contribution in [0.5, 0.6) is 0 Å². The summed E-state index contributed by atoms with van der Waals surface area (Å²) in [5.41, 5.74) is 5.50. The highest BCUT2D eigenvalue weighted by atomic mass is 28.4.